The van der Waals surface area contributed by atoms with Crippen molar-refractivity contribution < 1.29 is 35.1 Å². The van der Waals surface area contributed by atoms with Crippen LogP contribution in [-0.2, 0) is 6.54 Å². The first kappa shape index (κ1) is 17.0. The summed E-state index contributed by atoms with van der Waals surface area (Å²) in [6.45, 7) is -2.27. The van der Waals surface area contributed by atoms with Crippen LogP contribution in [0.15, 0.2) is 30.3 Å². The van der Waals surface area contributed by atoms with E-state index in [2.05, 4.69) is 0 Å². The van der Waals surface area contributed by atoms with Crippen molar-refractivity contribution in [2.75, 3.05) is 19.8 Å². The fourth-order valence-electron chi connectivity index (χ4n) is 2.27. The molecule has 0 aliphatic carbocycles. The third kappa shape index (κ3) is 3.33. The highest BCUT2D eigenvalue weighted by molar-refractivity contribution is 5.13. The Morgan fingerprint density at radius 2 is 1.15 bits per heavy atom. The molecule has 0 aliphatic rings. The van der Waals surface area contributed by atoms with E-state index in [4.69, 9.17) is 0 Å². The van der Waals surface area contributed by atoms with Crippen molar-refractivity contribution in [3.8, 4) is 0 Å². The molecule has 0 aliphatic heterocycles. The van der Waals surface area contributed by atoms with Crippen molar-refractivity contribution in [3.05, 3.63) is 35.9 Å². The van der Waals surface area contributed by atoms with Gasteiger partial charge < -0.3 is 30.6 Å². The lowest BCUT2D eigenvalue weighted by atomic mass is 10.1. The van der Waals surface area contributed by atoms with Gasteiger partial charge in [-0.25, -0.2) is 4.48 Å². The number of nitrogens with zero attached hydrogens (tertiary/aromatic N) is 1. The Bertz CT molecular complexity index is 361. The summed E-state index contributed by atoms with van der Waals surface area (Å²) < 4.78 is -0.854. The molecular weight excluding hydrogens is 266 g/mol. The van der Waals surface area contributed by atoms with E-state index in [-0.39, 0.29) is 6.54 Å². The molecule has 0 aromatic heterocycles. The Morgan fingerprint density at radius 1 is 0.750 bits per heavy atom. The monoisotopic (exact) mass is 288 g/mol. The van der Waals surface area contributed by atoms with Gasteiger partial charge in [0.2, 0.25) is 18.7 Å². The molecule has 7 heteroatoms. The topological polar surface area (TPSA) is 121 Å². The maximum Gasteiger partial charge on any atom is 0.218 e. The summed E-state index contributed by atoms with van der Waals surface area (Å²) in [6.07, 6.45) is -4.67. The second-order valence-corrected chi connectivity index (χ2v) is 4.63. The van der Waals surface area contributed by atoms with Crippen LogP contribution >= 0.6 is 0 Å². The van der Waals surface area contributed by atoms with Gasteiger partial charge in [0, 0.05) is 5.56 Å². The molecule has 3 atom stereocenters. The number of hydrogen-bond acceptors (Lipinski definition) is 6. The zero-order valence-electron chi connectivity index (χ0n) is 11.1. The number of aliphatic hydroxyl groups excluding tert-OH is 6. The van der Waals surface area contributed by atoms with Crippen LogP contribution < -0.4 is 0 Å². The summed E-state index contributed by atoms with van der Waals surface area (Å²) >= 11 is 0. The molecule has 0 heterocycles. The molecule has 0 bridgehead atoms. The van der Waals surface area contributed by atoms with E-state index < -0.39 is 43.0 Å². The lowest BCUT2D eigenvalue weighted by molar-refractivity contribution is -1.06. The van der Waals surface area contributed by atoms with Gasteiger partial charge in [0.15, 0.2) is 0 Å². The second-order valence-electron chi connectivity index (χ2n) is 4.63. The van der Waals surface area contributed by atoms with Crippen LogP contribution in [0.1, 0.15) is 5.56 Å². The summed E-state index contributed by atoms with van der Waals surface area (Å²) in [7, 11) is 0. The van der Waals surface area contributed by atoms with E-state index in [1.54, 1.807) is 30.3 Å². The normalized spacial score (nSPS) is 19.1. The highest BCUT2D eigenvalue weighted by Gasteiger charge is 2.48. The summed E-state index contributed by atoms with van der Waals surface area (Å²) in [6, 6.07) is 8.69. The van der Waals surface area contributed by atoms with Crippen LogP contribution in [0.4, 0.5) is 0 Å². The molecule has 0 radical (unpaired) electrons. The van der Waals surface area contributed by atoms with Gasteiger partial charge in [0.25, 0.3) is 0 Å². The Morgan fingerprint density at radius 3 is 1.50 bits per heavy atom. The molecule has 7 nitrogen and oxygen atoms in total. The van der Waals surface area contributed by atoms with E-state index in [0.717, 1.165) is 0 Å². The van der Waals surface area contributed by atoms with Crippen LogP contribution in [-0.4, -0.2) is 73.6 Å². The number of quaternary nitrogens is 1. The van der Waals surface area contributed by atoms with Gasteiger partial charge in [0.05, 0.1) is 0 Å². The number of benzene rings is 1. The Labute approximate surface area is 117 Å². The molecule has 114 valence electrons. The van der Waals surface area contributed by atoms with Gasteiger partial charge in [-0.3, -0.25) is 0 Å². The molecule has 20 heavy (non-hydrogen) atoms. The zero-order chi connectivity index (χ0) is 15.2. The number of rotatable bonds is 8. The summed E-state index contributed by atoms with van der Waals surface area (Å²) in [5, 5.41) is 57.6. The zero-order valence-corrected chi connectivity index (χ0v) is 11.1. The molecule has 0 fully saturated rings. The highest BCUT2D eigenvalue weighted by Crippen LogP contribution is 2.25. The Balaban J connectivity index is 3.21. The molecule has 1 aromatic carbocycles. The van der Waals surface area contributed by atoms with Crippen LogP contribution in [0.3, 0.4) is 0 Å². The van der Waals surface area contributed by atoms with E-state index in [0.29, 0.717) is 5.56 Å². The van der Waals surface area contributed by atoms with Crippen molar-refractivity contribution in [1.82, 2.24) is 0 Å². The smallest absolute Gasteiger partial charge is 0.218 e. The molecule has 0 saturated heterocycles. The maximum absolute atomic E-state index is 10.0. The molecule has 6 N–H and O–H groups in total. The number of aliphatic hydroxyl groups is 6. The first-order valence-electron chi connectivity index (χ1n) is 6.30. The average molecular weight is 288 g/mol. The third-order valence-electron chi connectivity index (χ3n) is 3.45. The molecule has 0 amide bonds. The maximum atomic E-state index is 10.0. The molecule has 1 aromatic rings. The molecule has 1 rings (SSSR count). The van der Waals surface area contributed by atoms with E-state index >= 15 is 0 Å². The van der Waals surface area contributed by atoms with E-state index in [1.165, 1.54) is 0 Å². The van der Waals surface area contributed by atoms with Gasteiger partial charge in [0.1, 0.15) is 26.4 Å². The largest absolute Gasteiger partial charge is 0.387 e. The van der Waals surface area contributed by atoms with Crippen LogP contribution in [0, 0.1) is 0 Å². The fraction of sp³-hybridized carbons (Fsp3) is 0.538. The summed E-state index contributed by atoms with van der Waals surface area (Å²) in [5.41, 5.74) is 0.667. The van der Waals surface area contributed by atoms with Gasteiger partial charge >= 0.3 is 0 Å². The van der Waals surface area contributed by atoms with Gasteiger partial charge in [-0.2, -0.15) is 0 Å². The van der Waals surface area contributed by atoms with Gasteiger partial charge in [-0.05, 0) is 0 Å². The minimum atomic E-state index is -1.56. The summed E-state index contributed by atoms with van der Waals surface area (Å²) in [5.74, 6) is 0. The van der Waals surface area contributed by atoms with Gasteiger partial charge in [-0.15, -0.1) is 0 Å². The molecule has 0 spiro atoms. The number of hydrogen-bond donors (Lipinski definition) is 6. The van der Waals surface area contributed by atoms with Crippen molar-refractivity contribution in [2.45, 2.75) is 25.2 Å². The SMILES string of the molecule is OCC(O)[N+](Cc1ccccc1)(C(O)CO)C(O)CO. The minimum Gasteiger partial charge on any atom is -0.387 e. The molecule has 0 saturated carbocycles. The van der Waals surface area contributed by atoms with Crippen LogP contribution in [0.5, 0.6) is 0 Å². The molecular formula is C13H22NO6+. The third-order valence-corrected chi connectivity index (χ3v) is 3.45. The molecule has 3 unspecified atom stereocenters. The van der Waals surface area contributed by atoms with Crippen molar-refractivity contribution in [3.63, 3.8) is 0 Å². The highest BCUT2D eigenvalue weighted by atomic mass is 16.4. The van der Waals surface area contributed by atoms with Crippen LogP contribution in [0.25, 0.3) is 0 Å². The van der Waals surface area contributed by atoms with E-state index in [9.17, 15) is 30.6 Å². The lowest BCUT2D eigenvalue weighted by Crippen LogP contribution is -2.69. The Kier molecular flexibility index (Phi) is 6.50. The first-order valence-corrected chi connectivity index (χ1v) is 6.30. The van der Waals surface area contributed by atoms with Crippen molar-refractivity contribution in [1.29, 1.82) is 0 Å². The predicted molar refractivity (Wildman–Crippen MR) is 69.7 cm³/mol. The fourth-order valence-corrected chi connectivity index (χ4v) is 2.27. The average Bonchev–Trinajstić information content (AvgIpc) is 2.51. The standard InChI is InChI=1S/C13H22NO6/c15-7-11(18)14(12(19)8-16,13(20)9-17)6-10-4-2-1-3-5-10/h1-5,11-13,15-20H,6-9H2/q+1. The Hall–Kier alpha value is -1.06. The summed E-state index contributed by atoms with van der Waals surface area (Å²) in [4.78, 5) is 0. The van der Waals surface area contributed by atoms with Crippen molar-refractivity contribution in [2.24, 2.45) is 0 Å². The predicted octanol–water partition coefficient (Wildman–Crippen LogP) is -2.06. The lowest BCUT2D eigenvalue weighted by Gasteiger charge is -2.46. The quantitative estimate of drug-likeness (QED) is 0.241. The van der Waals surface area contributed by atoms with Crippen molar-refractivity contribution >= 4 is 0 Å². The van der Waals surface area contributed by atoms with Crippen LogP contribution in [0.2, 0.25) is 0 Å². The second kappa shape index (κ2) is 7.65. The first-order chi connectivity index (χ1) is 9.52. The minimum absolute atomic E-state index is 0.0635. The van der Waals surface area contributed by atoms with Gasteiger partial charge in [-0.1, -0.05) is 30.3 Å². The van der Waals surface area contributed by atoms with E-state index in [1.807, 2.05) is 0 Å².